The van der Waals surface area contributed by atoms with E-state index in [-0.39, 0.29) is 24.8 Å². The highest BCUT2D eigenvalue weighted by Crippen LogP contribution is 2.29. The van der Waals surface area contributed by atoms with Crippen LogP contribution in [0.4, 0.5) is 13.2 Å². The summed E-state index contributed by atoms with van der Waals surface area (Å²) in [5.74, 6) is -0.660. The molecule has 1 heterocycles. The van der Waals surface area contributed by atoms with E-state index in [1.807, 2.05) is 18.2 Å². The Morgan fingerprint density at radius 3 is 2.59 bits per heavy atom. The van der Waals surface area contributed by atoms with Crippen molar-refractivity contribution >= 4 is 5.91 Å². The van der Waals surface area contributed by atoms with Gasteiger partial charge in [0.1, 0.15) is 5.82 Å². The van der Waals surface area contributed by atoms with Gasteiger partial charge in [-0.1, -0.05) is 30.8 Å². The Morgan fingerprint density at radius 1 is 1.26 bits per heavy atom. The van der Waals surface area contributed by atoms with Gasteiger partial charge in [-0.3, -0.25) is 4.79 Å². The van der Waals surface area contributed by atoms with Gasteiger partial charge < -0.3 is 5.32 Å². The average molecular weight is 376 g/mol. The second-order valence-electron chi connectivity index (χ2n) is 6.08. The van der Waals surface area contributed by atoms with E-state index in [4.69, 9.17) is 0 Å². The van der Waals surface area contributed by atoms with Crippen LogP contribution in [0.3, 0.4) is 0 Å². The number of alkyl halides is 2. The molecule has 8 heteroatoms. The molecular formula is C19H19F3N4O. The SMILES string of the molecule is C=CC(=O)NCc1ccc(-c2ccc(F)cc2)cc1C1CN(C(F)F)NN1. The Bertz CT molecular complexity index is 826. The number of carbonyl (C=O) groups excluding carboxylic acids is 1. The van der Waals surface area contributed by atoms with E-state index in [1.54, 1.807) is 12.1 Å². The first-order valence-electron chi connectivity index (χ1n) is 8.33. The number of halogens is 3. The molecule has 0 saturated carbocycles. The molecule has 1 aliphatic rings. The van der Waals surface area contributed by atoms with E-state index in [0.717, 1.165) is 27.3 Å². The van der Waals surface area contributed by atoms with Gasteiger partial charge in [-0.25, -0.2) is 9.82 Å². The minimum Gasteiger partial charge on any atom is -0.348 e. The lowest BCUT2D eigenvalue weighted by Crippen LogP contribution is -2.39. The zero-order valence-corrected chi connectivity index (χ0v) is 14.4. The van der Waals surface area contributed by atoms with Gasteiger partial charge in [-0.2, -0.15) is 19.3 Å². The zero-order valence-electron chi connectivity index (χ0n) is 14.4. The number of carbonyl (C=O) groups is 1. The van der Waals surface area contributed by atoms with Gasteiger partial charge in [0.25, 0.3) is 0 Å². The highest BCUT2D eigenvalue weighted by Gasteiger charge is 2.30. The summed E-state index contributed by atoms with van der Waals surface area (Å²) < 4.78 is 39.0. The molecular weight excluding hydrogens is 357 g/mol. The highest BCUT2D eigenvalue weighted by atomic mass is 19.3. The highest BCUT2D eigenvalue weighted by molar-refractivity contribution is 5.86. The number of hydrazine groups is 2. The molecule has 3 N–H and O–H groups in total. The van der Waals surface area contributed by atoms with Crippen molar-refractivity contribution in [2.24, 2.45) is 0 Å². The summed E-state index contributed by atoms with van der Waals surface area (Å²) in [5.41, 5.74) is 8.46. The van der Waals surface area contributed by atoms with Crippen LogP contribution in [0.5, 0.6) is 0 Å². The Hall–Kier alpha value is -2.68. The van der Waals surface area contributed by atoms with E-state index < -0.39 is 12.6 Å². The molecule has 1 aliphatic heterocycles. The van der Waals surface area contributed by atoms with Crippen molar-refractivity contribution in [1.29, 1.82) is 0 Å². The maximum Gasteiger partial charge on any atom is 0.308 e. The molecule has 1 saturated heterocycles. The average Bonchev–Trinajstić information content (AvgIpc) is 3.17. The summed E-state index contributed by atoms with van der Waals surface area (Å²) >= 11 is 0. The number of hydrogen-bond acceptors (Lipinski definition) is 4. The van der Waals surface area contributed by atoms with Crippen molar-refractivity contribution in [3.05, 3.63) is 72.1 Å². The molecule has 1 amide bonds. The van der Waals surface area contributed by atoms with Crippen molar-refractivity contribution < 1.29 is 18.0 Å². The van der Waals surface area contributed by atoms with E-state index in [1.165, 1.54) is 18.2 Å². The lowest BCUT2D eigenvalue weighted by molar-refractivity contribution is -0.116. The number of amides is 1. The third-order valence-corrected chi connectivity index (χ3v) is 4.33. The second kappa shape index (κ2) is 8.34. The van der Waals surface area contributed by atoms with Crippen LogP contribution in [0.1, 0.15) is 17.2 Å². The third-order valence-electron chi connectivity index (χ3n) is 4.33. The van der Waals surface area contributed by atoms with Crippen LogP contribution >= 0.6 is 0 Å². The van der Waals surface area contributed by atoms with Crippen molar-refractivity contribution in [1.82, 2.24) is 21.3 Å². The summed E-state index contributed by atoms with van der Waals surface area (Å²) in [5, 5.41) is 3.49. The first kappa shape index (κ1) is 19.1. The second-order valence-corrected chi connectivity index (χ2v) is 6.08. The van der Waals surface area contributed by atoms with Crippen LogP contribution in [0.25, 0.3) is 11.1 Å². The van der Waals surface area contributed by atoms with Gasteiger partial charge in [0.15, 0.2) is 0 Å². The van der Waals surface area contributed by atoms with Crippen molar-refractivity contribution in [2.75, 3.05) is 6.54 Å². The Balaban J connectivity index is 1.92. The Kier molecular flexibility index (Phi) is 5.90. The lowest BCUT2D eigenvalue weighted by atomic mass is 9.95. The molecule has 0 spiro atoms. The smallest absolute Gasteiger partial charge is 0.308 e. The maximum absolute atomic E-state index is 13.2. The fourth-order valence-electron chi connectivity index (χ4n) is 2.91. The van der Waals surface area contributed by atoms with Crippen molar-refractivity contribution in [2.45, 2.75) is 19.1 Å². The first-order chi connectivity index (χ1) is 13.0. The summed E-state index contributed by atoms with van der Waals surface area (Å²) in [7, 11) is 0. The molecule has 0 aromatic heterocycles. The fourth-order valence-corrected chi connectivity index (χ4v) is 2.91. The molecule has 142 valence electrons. The predicted molar refractivity (Wildman–Crippen MR) is 95.6 cm³/mol. The van der Waals surface area contributed by atoms with Gasteiger partial charge >= 0.3 is 6.55 Å². The van der Waals surface area contributed by atoms with Crippen molar-refractivity contribution in [3.8, 4) is 11.1 Å². The topological polar surface area (TPSA) is 56.4 Å². The van der Waals surface area contributed by atoms with Gasteiger partial charge in [-0.05, 0) is 46.5 Å². The molecule has 2 aromatic carbocycles. The molecule has 1 atom stereocenters. The predicted octanol–water partition coefficient (Wildman–Crippen LogP) is 2.88. The van der Waals surface area contributed by atoms with Crippen LogP contribution in [0, 0.1) is 5.82 Å². The maximum atomic E-state index is 13.2. The van der Waals surface area contributed by atoms with Gasteiger partial charge in [-0.15, -0.1) is 0 Å². The molecule has 5 nitrogen and oxygen atoms in total. The fraction of sp³-hybridized carbons (Fsp3) is 0.211. The number of hydrogen-bond donors (Lipinski definition) is 3. The summed E-state index contributed by atoms with van der Waals surface area (Å²) in [6.45, 7) is 1.04. The molecule has 2 aromatic rings. The quantitative estimate of drug-likeness (QED) is 0.536. The number of rotatable bonds is 6. The van der Waals surface area contributed by atoms with Gasteiger partial charge in [0.05, 0.1) is 6.04 Å². The van der Waals surface area contributed by atoms with Crippen molar-refractivity contribution in [3.63, 3.8) is 0 Å². The monoisotopic (exact) mass is 376 g/mol. The van der Waals surface area contributed by atoms with Crippen LogP contribution in [0.15, 0.2) is 55.1 Å². The summed E-state index contributed by atoms with van der Waals surface area (Å²) in [6.07, 6.45) is 1.17. The largest absolute Gasteiger partial charge is 0.348 e. The summed E-state index contributed by atoms with van der Waals surface area (Å²) in [6, 6.07) is 11.1. The van der Waals surface area contributed by atoms with Crippen LogP contribution in [-0.2, 0) is 11.3 Å². The number of nitrogens with zero attached hydrogens (tertiary/aromatic N) is 1. The molecule has 0 radical (unpaired) electrons. The van der Waals surface area contributed by atoms with Gasteiger partial charge in [0, 0.05) is 13.1 Å². The van der Waals surface area contributed by atoms with Crippen LogP contribution in [0.2, 0.25) is 0 Å². The normalized spacial score (nSPS) is 17.3. The van der Waals surface area contributed by atoms with E-state index in [9.17, 15) is 18.0 Å². The van der Waals surface area contributed by atoms with Crippen LogP contribution < -0.4 is 16.3 Å². The van der Waals surface area contributed by atoms with E-state index in [2.05, 4.69) is 22.9 Å². The molecule has 1 unspecified atom stereocenters. The molecule has 3 rings (SSSR count). The Morgan fingerprint density at radius 2 is 1.96 bits per heavy atom. The van der Waals surface area contributed by atoms with E-state index >= 15 is 0 Å². The zero-order chi connectivity index (χ0) is 19.4. The van der Waals surface area contributed by atoms with Crippen LogP contribution in [-0.4, -0.2) is 24.0 Å². The number of nitrogens with one attached hydrogen (secondary N) is 3. The molecule has 1 fully saturated rings. The summed E-state index contributed by atoms with van der Waals surface area (Å²) in [4.78, 5) is 11.5. The molecule has 0 aliphatic carbocycles. The standard InChI is InChI=1S/C19H19F3N4O/c1-2-18(27)23-10-14-4-3-13(12-5-7-15(20)8-6-12)9-16(14)17-11-26(19(21)22)25-24-17/h2-9,17,19,24-25H,1,10-11H2,(H,23,27). The third kappa shape index (κ3) is 4.54. The minimum absolute atomic E-state index is 0.0486. The lowest BCUT2D eigenvalue weighted by Gasteiger charge is -2.17. The molecule has 27 heavy (non-hydrogen) atoms. The van der Waals surface area contributed by atoms with Gasteiger partial charge in [0.2, 0.25) is 5.91 Å². The Labute approximate surface area is 154 Å². The first-order valence-corrected chi connectivity index (χ1v) is 8.33. The van der Waals surface area contributed by atoms with E-state index in [0.29, 0.717) is 0 Å². The molecule has 0 bridgehead atoms. The number of benzene rings is 2. The minimum atomic E-state index is -2.65.